The van der Waals surface area contributed by atoms with E-state index in [9.17, 15) is 26.1 Å². The molecule has 0 aromatic heterocycles. The lowest BCUT2D eigenvalue weighted by atomic mass is 10.1. The van der Waals surface area contributed by atoms with Gasteiger partial charge in [-0.05, 0) is 40.5 Å². The zero-order chi connectivity index (χ0) is 21.3. The van der Waals surface area contributed by atoms with Crippen molar-refractivity contribution < 1.29 is 30.6 Å². The van der Waals surface area contributed by atoms with Crippen LogP contribution in [0.5, 0.6) is 0 Å². The van der Waals surface area contributed by atoms with E-state index in [1.165, 1.54) is 30.7 Å². The molecule has 8 heteroatoms. The monoisotopic (exact) mass is 419 g/mol. The Kier molecular flexibility index (Phi) is 17.7. The van der Waals surface area contributed by atoms with E-state index in [1.807, 2.05) is 0 Å². The number of quaternary nitrogens is 1. The minimum absolute atomic E-state index is 0.0835. The van der Waals surface area contributed by atoms with Gasteiger partial charge in [0.25, 0.3) is 0 Å². The summed E-state index contributed by atoms with van der Waals surface area (Å²) in [5.74, 6) is -1.30. The normalized spacial score (nSPS) is 14.4. The second-order valence-corrected chi connectivity index (χ2v) is 8.41. The van der Waals surface area contributed by atoms with Crippen molar-refractivity contribution in [2.45, 2.75) is 85.0 Å². The Labute approximate surface area is 164 Å². The van der Waals surface area contributed by atoms with Crippen LogP contribution in [0.1, 0.15) is 72.6 Å². The van der Waals surface area contributed by atoms with Gasteiger partial charge in [-0.2, -0.15) is 0 Å². The average Bonchev–Trinajstić information content (AvgIpc) is 2.62. The molecule has 0 spiro atoms. The van der Waals surface area contributed by atoms with Crippen LogP contribution in [-0.2, 0) is 10.1 Å². The summed E-state index contributed by atoms with van der Waals surface area (Å²) < 4.78 is 69.8. The Morgan fingerprint density at radius 2 is 1.19 bits per heavy atom. The van der Waals surface area contributed by atoms with Crippen molar-refractivity contribution in [1.29, 1.82) is 0 Å². The number of hydrogen-bond donors (Lipinski definition) is 0. The van der Waals surface area contributed by atoms with E-state index in [0.717, 1.165) is 19.3 Å². The highest BCUT2D eigenvalue weighted by Crippen LogP contribution is 2.15. The lowest BCUT2D eigenvalue weighted by Gasteiger charge is -2.34. The molecule has 0 amide bonds. The van der Waals surface area contributed by atoms with Crippen LogP contribution in [0.15, 0.2) is 0 Å². The summed E-state index contributed by atoms with van der Waals surface area (Å²) in [6.07, 6.45) is -0.0914. The lowest BCUT2D eigenvalue weighted by Crippen LogP contribution is -2.47. The van der Waals surface area contributed by atoms with E-state index < -0.39 is 28.2 Å². The highest BCUT2D eigenvalue weighted by Gasteiger charge is 2.22. The van der Waals surface area contributed by atoms with Crippen molar-refractivity contribution in [2.24, 2.45) is 0 Å². The van der Waals surface area contributed by atoms with Gasteiger partial charge in [0.2, 0.25) is 0 Å². The highest BCUT2D eigenvalue weighted by atomic mass is 32.2. The Balaban J connectivity index is 0. The van der Waals surface area contributed by atoms with Crippen LogP contribution in [0.25, 0.3) is 0 Å². The van der Waals surface area contributed by atoms with E-state index >= 15 is 0 Å². The first-order chi connectivity index (χ1) is 12.6. The first kappa shape index (κ1) is 28.9. The van der Waals surface area contributed by atoms with Gasteiger partial charge in [-0.3, -0.25) is 4.39 Å². The quantitative estimate of drug-likeness (QED) is 0.218. The fraction of sp³-hybridized carbons (Fsp3) is 1.00. The zero-order valence-corrected chi connectivity index (χ0v) is 18.4. The molecule has 4 nitrogen and oxygen atoms in total. The van der Waals surface area contributed by atoms with Crippen molar-refractivity contribution in [2.75, 3.05) is 38.6 Å². The number of halogens is 3. The molecule has 0 fully saturated rings. The van der Waals surface area contributed by atoms with Crippen molar-refractivity contribution in [3.05, 3.63) is 0 Å². The topological polar surface area (TPSA) is 57.2 Å². The van der Waals surface area contributed by atoms with Crippen LogP contribution in [0.2, 0.25) is 0 Å². The molecule has 0 saturated heterocycles. The Hall–Kier alpha value is -0.340. The van der Waals surface area contributed by atoms with Gasteiger partial charge < -0.3 is 9.04 Å². The summed E-state index contributed by atoms with van der Waals surface area (Å²) in [5, 5.41) is 0. The number of nitrogens with zero attached hydrogens (tertiary/aromatic N) is 1. The first-order valence-electron chi connectivity index (χ1n) is 10.2. The van der Waals surface area contributed by atoms with Gasteiger partial charge in [0.05, 0.1) is 48.7 Å². The van der Waals surface area contributed by atoms with Crippen molar-refractivity contribution in [3.8, 4) is 0 Å². The van der Waals surface area contributed by atoms with E-state index in [0.29, 0.717) is 19.3 Å². The van der Waals surface area contributed by atoms with Gasteiger partial charge in [0, 0.05) is 0 Å². The average molecular weight is 420 g/mol. The van der Waals surface area contributed by atoms with Crippen molar-refractivity contribution in [1.82, 2.24) is 0 Å². The van der Waals surface area contributed by atoms with Crippen molar-refractivity contribution >= 4 is 10.1 Å². The maximum Gasteiger partial charge on any atom is 0.144 e. The van der Waals surface area contributed by atoms with Crippen LogP contribution in [0.3, 0.4) is 0 Å². The van der Waals surface area contributed by atoms with Gasteiger partial charge in [-0.1, -0.05) is 32.1 Å². The number of unbranched alkanes of at least 4 members (excludes halogenated alkanes) is 5. The Bertz CT molecular complexity index is 414. The SMILES string of the molecule is CC[N+](CC)(CC)CC.O=S(=O)([O-])CC(F)C(F)CCCCCCCCF. The van der Waals surface area contributed by atoms with Crippen LogP contribution in [0.4, 0.5) is 13.2 Å². The molecule has 0 aromatic rings. The van der Waals surface area contributed by atoms with Gasteiger partial charge in [0.15, 0.2) is 0 Å². The predicted molar refractivity (Wildman–Crippen MR) is 105 cm³/mol. The third-order valence-corrected chi connectivity index (χ3v) is 6.03. The van der Waals surface area contributed by atoms with E-state index in [1.54, 1.807) is 0 Å². The molecule has 0 bridgehead atoms. The number of hydrogen-bond acceptors (Lipinski definition) is 3. The van der Waals surface area contributed by atoms with E-state index in [4.69, 9.17) is 0 Å². The molecular weight excluding hydrogens is 379 g/mol. The molecule has 2 unspecified atom stereocenters. The zero-order valence-electron chi connectivity index (χ0n) is 17.6. The summed E-state index contributed by atoms with van der Waals surface area (Å²) in [4.78, 5) is 0. The molecule has 0 radical (unpaired) electrons. The third kappa shape index (κ3) is 16.3. The Morgan fingerprint density at radius 3 is 1.52 bits per heavy atom. The molecule has 0 saturated carbocycles. The molecule has 27 heavy (non-hydrogen) atoms. The molecule has 0 aliphatic rings. The largest absolute Gasteiger partial charge is 0.748 e. The fourth-order valence-electron chi connectivity index (χ4n) is 2.96. The number of rotatable bonds is 15. The van der Waals surface area contributed by atoms with Gasteiger partial charge >= 0.3 is 0 Å². The van der Waals surface area contributed by atoms with Gasteiger partial charge in [0.1, 0.15) is 12.3 Å². The predicted octanol–water partition coefficient (Wildman–Crippen LogP) is 4.79. The molecule has 166 valence electrons. The lowest BCUT2D eigenvalue weighted by molar-refractivity contribution is -0.921. The molecule has 0 aliphatic heterocycles. The second kappa shape index (κ2) is 16.6. The maximum absolute atomic E-state index is 13.1. The summed E-state index contributed by atoms with van der Waals surface area (Å²) in [7, 11) is -4.71. The first-order valence-corrected chi connectivity index (χ1v) is 11.8. The smallest absolute Gasteiger partial charge is 0.144 e. The van der Waals surface area contributed by atoms with Crippen LogP contribution in [-0.4, -0.2) is 68.4 Å². The van der Waals surface area contributed by atoms with Gasteiger partial charge in [-0.15, -0.1) is 0 Å². The Morgan fingerprint density at radius 1 is 0.778 bits per heavy atom. The standard InChI is InChI=1S/C11H21F3O3S.C8H20N/c12-8-6-4-2-1-3-5-7-10(13)11(14)9-18(15,16)17;1-5-9(6-2,7-3)8-4/h10-11H,1-9H2,(H,15,16,17);5-8H2,1-4H3/q;+1/p-1. The third-order valence-electron chi connectivity index (χ3n) is 5.30. The molecule has 0 heterocycles. The summed E-state index contributed by atoms with van der Waals surface area (Å²) >= 11 is 0. The van der Waals surface area contributed by atoms with Gasteiger partial charge in [-0.25, -0.2) is 17.2 Å². The van der Waals surface area contributed by atoms with E-state index in [2.05, 4.69) is 27.7 Å². The summed E-state index contributed by atoms with van der Waals surface area (Å²) in [6.45, 7) is 13.9. The van der Waals surface area contributed by atoms with Crippen molar-refractivity contribution in [3.63, 3.8) is 0 Å². The molecule has 0 rings (SSSR count). The van der Waals surface area contributed by atoms with Crippen LogP contribution in [0, 0.1) is 0 Å². The summed E-state index contributed by atoms with van der Waals surface area (Å²) in [5.41, 5.74) is 0. The van der Waals surface area contributed by atoms with E-state index in [-0.39, 0.29) is 13.1 Å². The van der Waals surface area contributed by atoms with Crippen LogP contribution >= 0.6 is 0 Å². The molecule has 2 atom stereocenters. The van der Waals surface area contributed by atoms with Crippen LogP contribution < -0.4 is 0 Å². The highest BCUT2D eigenvalue weighted by molar-refractivity contribution is 7.85. The molecular formula is C19H40F3NO3S. The maximum atomic E-state index is 13.1. The minimum atomic E-state index is -4.71. The molecule has 0 aromatic carbocycles. The second-order valence-electron chi connectivity index (χ2n) is 6.96. The minimum Gasteiger partial charge on any atom is -0.748 e. The summed E-state index contributed by atoms with van der Waals surface area (Å²) in [6, 6.07) is 0. The molecule has 0 aliphatic carbocycles. The fourth-order valence-corrected chi connectivity index (χ4v) is 3.56. The molecule has 0 N–H and O–H groups in total. The number of alkyl halides is 3.